The topological polar surface area (TPSA) is 54.4 Å². The van der Waals surface area contributed by atoms with E-state index in [0.717, 1.165) is 38.1 Å². The summed E-state index contributed by atoms with van der Waals surface area (Å²) in [4.78, 5) is -0.431. The standard InChI is InChI=1S/C10H11F3O3S/c1-9(2,10(11,12)13)7-3-5-8(6-4-7)17(14,15)16/h3-6H,1-2H3,(H,14,15,16). The molecule has 17 heavy (non-hydrogen) atoms. The average Bonchev–Trinajstić information content (AvgIpc) is 2.15. The second kappa shape index (κ2) is 3.99. The number of alkyl halides is 3. The van der Waals surface area contributed by atoms with E-state index in [-0.39, 0.29) is 5.56 Å². The van der Waals surface area contributed by atoms with Gasteiger partial charge in [-0.05, 0) is 31.5 Å². The lowest BCUT2D eigenvalue weighted by Crippen LogP contribution is -2.36. The minimum absolute atomic E-state index is 0.0719. The third-order valence-corrected chi connectivity index (χ3v) is 3.45. The summed E-state index contributed by atoms with van der Waals surface area (Å²) in [7, 11) is -4.38. The van der Waals surface area contributed by atoms with Crippen LogP contribution >= 0.6 is 0 Å². The van der Waals surface area contributed by atoms with Gasteiger partial charge in [-0.2, -0.15) is 21.6 Å². The lowest BCUT2D eigenvalue weighted by atomic mass is 9.84. The van der Waals surface area contributed by atoms with E-state index in [4.69, 9.17) is 4.55 Å². The molecule has 0 atom stereocenters. The molecule has 0 aromatic heterocycles. The van der Waals surface area contributed by atoms with Crippen molar-refractivity contribution in [3.05, 3.63) is 29.8 Å². The number of rotatable bonds is 2. The van der Waals surface area contributed by atoms with Crippen molar-refractivity contribution in [3.8, 4) is 0 Å². The van der Waals surface area contributed by atoms with Crippen molar-refractivity contribution in [1.29, 1.82) is 0 Å². The maximum atomic E-state index is 12.7. The van der Waals surface area contributed by atoms with E-state index in [1.807, 2.05) is 0 Å². The van der Waals surface area contributed by atoms with Crippen LogP contribution in [0, 0.1) is 0 Å². The summed E-state index contributed by atoms with van der Waals surface area (Å²) < 4.78 is 68.2. The lowest BCUT2D eigenvalue weighted by molar-refractivity contribution is -0.180. The Labute approximate surface area is 97.0 Å². The predicted molar refractivity (Wildman–Crippen MR) is 55.3 cm³/mol. The van der Waals surface area contributed by atoms with Gasteiger partial charge in [-0.25, -0.2) is 0 Å². The van der Waals surface area contributed by atoms with Crippen LogP contribution < -0.4 is 0 Å². The Hall–Kier alpha value is -1.08. The SMILES string of the molecule is CC(C)(c1ccc(S(=O)(=O)O)cc1)C(F)(F)F. The van der Waals surface area contributed by atoms with E-state index in [2.05, 4.69) is 0 Å². The molecule has 1 rings (SSSR count). The minimum Gasteiger partial charge on any atom is -0.282 e. The zero-order valence-electron chi connectivity index (χ0n) is 9.12. The summed E-state index contributed by atoms with van der Waals surface area (Å²) >= 11 is 0. The van der Waals surface area contributed by atoms with E-state index >= 15 is 0 Å². The van der Waals surface area contributed by atoms with Crippen molar-refractivity contribution >= 4 is 10.1 Å². The Kier molecular flexibility index (Phi) is 3.28. The monoisotopic (exact) mass is 268 g/mol. The van der Waals surface area contributed by atoms with Crippen LogP contribution in [0.1, 0.15) is 19.4 Å². The van der Waals surface area contributed by atoms with Crippen LogP contribution in [-0.2, 0) is 15.5 Å². The van der Waals surface area contributed by atoms with Crippen molar-refractivity contribution in [1.82, 2.24) is 0 Å². The summed E-state index contributed by atoms with van der Waals surface area (Å²) in [5.41, 5.74) is -2.15. The Morgan fingerprint density at radius 1 is 1.06 bits per heavy atom. The molecule has 0 aliphatic carbocycles. The molecule has 0 aliphatic rings. The van der Waals surface area contributed by atoms with E-state index < -0.39 is 26.6 Å². The summed E-state index contributed by atoms with van der Waals surface area (Å²) in [6.07, 6.45) is -4.44. The van der Waals surface area contributed by atoms with Crippen molar-refractivity contribution in [2.45, 2.75) is 30.3 Å². The normalized spacial score (nSPS) is 13.8. The first-order chi connectivity index (χ1) is 7.46. The highest BCUT2D eigenvalue weighted by Gasteiger charge is 2.48. The summed E-state index contributed by atoms with van der Waals surface area (Å²) in [6.45, 7) is 1.99. The van der Waals surface area contributed by atoms with E-state index in [1.165, 1.54) is 0 Å². The largest absolute Gasteiger partial charge is 0.397 e. The van der Waals surface area contributed by atoms with E-state index in [1.54, 1.807) is 0 Å². The van der Waals surface area contributed by atoms with Gasteiger partial charge < -0.3 is 0 Å². The first kappa shape index (κ1) is 14.0. The Bertz CT molecular complexity index is 501. The number of halogens is 3. The van der Waals surface area contributed by atoms with E-state index in [0.29, 0.717) is 0 Å². The van der Waals surface area contributed by atoms with Gasteiger partial charge in [0.2, 0.25) is 0 Å². The highest BCUT2D eigenvalue weighted by atomic mass is 32.2. The molecule has 3 nitrogen and oxygen atoms in total. The fraction of sp³-hybridized carbons (Fsp3) is 0.400. The first-order valence-electron chi connectivity index (χ1n) is 4.61. The van der Waals surface area contributed by atoms with Gasteiger partial charge in [-0.3, -0.25) is 4.55 Å². The minimum atomic E-state index is -4.44. The molecule has 0 radical (unpaired) electrons. The molecule has 0 heterocycles. The summed E-state index contributed by atoms with van der Waals surface area (Å²) in [5.74, 6) is 0. The molecule has 1 aromatic carbocycles. The number of benzene rings is 1. The molecule has 1 aromatic rings. The van der Waals surface area contributed by atoms with Gasteiger partial charge in [0.05, 0.1) is 10.3 Å². The molecule has 0 bridgehead atoms. The molecular weight excluding hydrogens is 257 g/mol. The second-order valence-corrected chi connectivity index (χ2v) is 5.54. The fourth-order valence-electron chi connectivity index (χ4n) is 1.21. The molecule has 0 amide bonds. The Morgan fingerprint density at radius 2 is 1.47 bits per heavy atom. The van der Waals surface area contributed by atoms with Gasteiger partial charge in [0.1, 0.15) is 0 Å². The van der Waals surface area contributed by atoms with Crippen LogP contribution in [0.25, 0.3) is 0 Å². The summed E-state index contributed by atoms with van der Waals surface area (Å²) in [6, 6.07) is 3.96. The van der Waals surface area contributed by atoms with Crippen LogP contribution in [-0.4, -0.2) is 19.1 Å². The predicted octanol–water partition coefficient (Wildman–Crippen LogP) is 2.77. The third-order valence-electron chi connectivity index (χ3n) is 2.58. The highest BCUT2D eigenvalue weighted by Crippen LogP contribution is 2.40. The lowest BCUT2D eigenvalue weighted by Gasteiger charge is -2.28. The van der Waals surface area contributed by atoms with Crippen LogP contribution in [0.15, 0.2) is 29.2 Å². The Morgan fingerprint density at radius 3 is 1.76 bits per heavy atom. The zero-order chi connectivity index (χ0) is 13.5. The van der Waals surface area contributed by atoms with Crippen LogP contribution in [0.5, 0.6) is 0 Å². The molecule has 0 unspecified atom stereocenters. The number of hydrogen-bond acceptors (Lipinski definition) is 2. The van der Waals surface area contributed by atoms with Gasteiger partial charge >= 0.3 is 6.18 Å². The zero-order valence-corrected chi connectivity index (χ0v) is 9.93. The van der Waals surface area contributed by atoms with Crippen molar-refractivity contribution < 1.29 is 26.1 Å². The van der Waals surface area contributed by atoms with Crippen molar-refractivity contribution in [3.63, 3.8) is 0 Å². The van der Waals surface area contributed by atoms with Gasteiger partial charge in [0.25, 0.3) is 10.1 Å². The fourth-order valence-corrected chi connectivity index (χ4v) is 1.69. The van der Waals surface area contributed by atoms with Crippen LogP contribution in [0.4, 0.5) is 13.2 Å². The summed E-state index contributed by atoms with van der Waals surface area (Å²) in [5, 5.41) is 0. The molecule has 1 N–H and O–H groups in total. The first-order valence-corrected chi connectivity index (χ1v) is 6.05. The van der Waals surface area contributed by atoms with Crippen molar-refractivity contribution in [2.24, 2.45) is 0 Å². The molecule has 0 aliphatic heterocycles. The average molecular weight is 268 g/mol. The van der Waals surface area contributed by atoms with Gasteiger partial charge in [-0.1, -0.05) is 12.1 Å². The second-order valence-electron chi connectivity index (χ2n) is 4.12. The molecule has 0 saturated heterocycles. The van der Waals surface area contributed by atoms with Gasteiger partial charge in [0, 0.05) is 0 Å². The third kappa shape index (κ3) is 2.78. The van der Waals surface area contributed by atoms with E-state index in [9.17, 15) is 21.6 Å². The number of hydrogen-bond donors (Lipinski definition) is 1. The molecule has 0 saturated carbocycles. The molecule has 7 heteroatoms. The quantitative estimate of drug-likeness (QED) is 0.839. The smallest absolute Gasteiger partial charge is 0.282 e. The maximum Gasteiger partial charge on any atom is 0.397 e. The van der Waals surface area contributed by atoms with Crippen LogP contribution in [0.2, 0.25) is 0 Å². The van der Waals surface area contributed by atoms with Crippen molar-refractivity contribution in [2.75, 3.05) is 0 Å². The Balaban J connectivity index is 3.21. The maximum absolute atomic E-state index is 12.7. The van der Waals surface area contributed by atoms with Gasteiger partial charge in [-0.15, -0.1) is 0 Å². The molecule has 0 spiro atoms. The van der Waals surface area contributed by atoms with Crippen LogP contribution in [0.3, 0.4) is 0 Å². The molecule has 96 valence electrons. The highest BCUT2D eigenvalue weighted by molar-refractivity contribution is 7.85. The van der Waals surface area contributed by atoms with Gasteiger partial charge in [0.15, 0.2) is 0 Å². The molecule has 0 fully saturated rings. The molecular formula is C10H11F3O3S.